The number of carbonyl (C=O) groups excluding carboxylic acids is 2. The first-order valence-electron chi connectivity index (χ1n) is 13.6. The maximum atomic E-state index is 12.9. The summed E-state index contributed by atoms with van der Waals surface area (Å²) >= 11 is 0. The van der Waals surface area contributed by atoms with Crippen molar-refractivity contribution in [3.8, 4) is 11.5 Å². The summed E-state index contributed by atoms with van der Waals surface area (Å²) in [6.07, 6.45) is 6.38. The molecule has 1 aromatic carbocycles. The van der Waals surface area contributed by atoms with Gasteiger partial charge in [0.2, 0.25) is 0 Å². The summed E-state index contributed by atoms with van der Waals surface area (Å²) in [4.78, 5) is 27.1. The fraction of sp³-hybridized carbons (Fsp3) is 0.643. The first kappa shape index (κ1) is 27.9. The first-order chi connectivity index (χ1) is 18.1. The van der Waals surface area contributed by atoms with Gasteiger partial charge in [0.25, 0.3) is 0 Å². The highest BCUT2D eigenvalue weighted by molar-refractivity contribution is 6.00. The molecule has 1 N–H and O–H groups in total. The molecule has 1 atom stereocenters. The number of amides is 1. The molecule has 2 aliphatic rings. The number of aliphatic hydroxyl groups excluding tert-OH is 1. The number of likely N-dealkylation sites (tertiary alicyclic amines) is 1. The van der Waals surface area contributed by atoms with Crippen LogP contribution in [0, 0.1) is 0 Å². The molecule has 1 saturated heterocycles. The quantitative estimate of drug-likeness (QED) is 0.482. The second-order valence-corrected chi connectivity index (χ2v) is 11.4. The smallest absolute Gasteiger partial charge is 0.410 e. The van der Waals surface area contributed by atoms with Crippen LogP contribution in [0.5, 0.6) is 11.5 Å². The van der Waals surface area contributed by atoms with Crippen molar-refractivity contribution in [2.24, 2.45) is 0 Å². The number of aryl methyl sites for hydroxylation is 1. The van der Waals surface area contributed by atoms with Crippen molar-refractivity contribution in [2.45, 2.75) is 96.5 Å². The second kappa shape index (κ2) is 11.7. The number of ether oxygens (including phenoxy) is 3. The summed E-state index contributed by atoms with van der Waals surface area (Å²) in [5, 5.41) is 18.7. The van der Waals surface area contributed by atoms with Gasteiger partial charge in [0.1, 0.15) is 35.4 Å². The van der Waals surface area contributed by atoms with E-state index in [1.807, 2.05) is 27.0 Å². The molecule has 2 aromatic rings. The molecule has 1 aromatic heterocycles. The van der Waals surface area contributed by atoms with E-state index in [9.17, 15) is 14.7 Å². The molecule has 4 rings (SSSR count). The second-order valence-electron chi connectivity index (χ2n) is 11.4. The van der Waals surface area contributed by atoms with E-state index < -0.39 is 17.3 Å². The highest BCUT2D eigenvalue weighted by Gasteiger charge is 2.44. The predicted molar refractivity (Wildman–Crippen MR) is 141 cm³/mol. The molecule has 1 fully saturated rings. The van der Waals surface area contributed by atoms with Crippen molar-refractivity contribution < 1.29 is 28.9 Å². The molecule has 10 heteroatoms. The monoisotopic (exact) mass is 528 g/mol. The number of aromatic nitrogens is 3. The lowest BCUT2D eigenvalue weighted by atomic mass is 9.82. The Labute approximate surface area is 224 Å². The standard InChI is InChI=1S/C28H40N4O6/c1-5-6-7-8-20-17-32(30-29-20)18-21(33)19-36-22-9-10-23-24(34)16-28(37-25(23)15-22)11-13-31(14-12-28)26(35)38-27(2,3)4/h9-10,15,17,21,33H,5-8,11-14,16,18-19H2,1-4H3. The predicted octanol–water partition coefficient (Wildman–Crippen LogP) is 4.19. The first-order valence-corrected chi connectivity index (χ1v) is 13.6. The van der Waals surface area contributed by atoms with Crippen LogP contribution in [-0.2, 0) is 17.7 Å². The van der Waals surface area contributed by atoms with Gasteiger partial charge in [0.15, 0.2) is 5.78 Å². The van der Waals surface area contributed by atoms with Gasteiger partial charge in [-0.05, 0) is 45.7 Å². The lowest BCUT2D eigenvalue weighted by Gasteiger charge is -2.44. The number of nitrogens with zero attached hydrogens (tertiary/aromatic N) is 4. The summed E-state index contributed by atoms with van der Waals surface area (Å²) in [6.45, 7) is 8.95. The Kier molecular flexibility index (Phi) is 8.60. The van der Waals surface area contributed by atoms with Crippen molar-refractivity contribution in [1.82, 2.24) is 19.9 Å². The van der Waals surface area contributed by atoms with Gasteiger partial charge in [-0.15, -0.1) is 5.10 Å². The number of aliphatic hydroxyl groups is 1. The Morgan fingerprint density at radius 3 is 2.71 bits per heavy atom. The fourth-order valence-electron chi connectivity index (χ4n) is 4.83. The van der Waals surface area contributed by atoms with Crippen LogP contribution in [0.15, 0.2) is 24.4 Å². The van der Waals surface area contributed by atoms with Crippen molar-refractivity contribution in [3.05, 3.63) is 35.7 Å². The number of rotatable bonds is 9. The zero-order valence-electron chi connectivity index (χ0n) is 22.9. The highest BCUT2D eigenvalue weighted by Crippen LogP contribution is 2.41. The van der Waals surface area contributed by atoms with E-state index in [1.54, 1.807) is 27.8 Å². The Bertz CT molecular complexity index is 1120. The van der Waals surface area contributed by atoms with Gasteiger partial charge in [0.05, 0.1) is 24.2 Å². The van der Waals surface area contributed by atoms with Crippen LogP contribution < -0.4 is 9.47 Å². The Balaban J connectivity index is 1.31. The molecule has 0 bridgehead atoms. The van der Waals surface area contributed by atoms with Gasteiger partial charge in [0, 0.05) is 38.2 Å². The van der Waals surface area contributed by atoms with Crippen LogP contribution in [0.1, 0.15) is 82.3 Å². The van der Waals surface area contributed by atoms with E-state index in [-0.39, 0.29) is 31.4 Å². The van der Waals surface area contributed by atoms with Crippen LogP contribution in [0.3, 0.4) is 0 Å². The minimum absolute atomic E-state index is 0.0180. The van der Waals surface area contributed by atoms with Crippen molar-refractivity contribution in [3.63, 3.8) is 0 Å². The molecule has 38 heavy (non-hydrogen) atoms. The molecule has 1 unspecified atom stereocenters. The Hall–Kier alpha value is -3.14. The minimum Gasteiger partial charge on any atom is -0.491 e. The summed E-state index contributed by atoms with van der Waals surface area (Å²) in [5.41, 5.74) is 0.243. The Morgan fingerprint density at radius 1 is 1.24 bits per heavy atom. The molecule has 2 aliphatic heterocycles. The number of fused-ring (bicyclic) bond motifs is 1. The van der Waals surface area contributed by atoms with Crippen LogP contribution in [0.25, 0.3) is 0 Å². The number of unbranched alkanes of at least 4 members (excludes halogenated alkanes) is 2. The van der Waals surface area contributed by atoms with Gasteiger partial charge in [-0.1, -0.05) is 25.0 Å². The zero-order valence-corrected chi connectivity index (χ0v) is 22.9. The van der Waals surface area contributed by atoms with E-state index >= 15 is 0 Å². The van der Waals surface area contributed by atoms with E-state index in [0.717, 1.165) is 31.4 Å². The summed E-state index contributed by atoms with van der Waals surface area (Å²) in [5.74, 6) is 1.01. The maximum absolute atomic E-state index is 12.9. The zero-order chi connectivity index (χ0) is 27.3. The highest BCUT2D eigenvalue weighted by atomic mass is 16.6. The van der Waals surface area contributed by atoms with Crippen LogP contribution >= 0.6 is 0 Å². The maximum Gasteiger partial charge on any atom is 0.410 e. The third-order valence-corrected chi connectivity index (χ3v) is 6.85. The average Bonchev–Trinajstić information content (AvgIpc) is 3.29. The van der Waals surface area contributed by atoms with Crippen LogP contribution in [0.2, 0.25) is 0 Å². The lowest BCUT2D eigenvalue weighted by Crippen LogP contribution is -2.52. The van der Waals surface area contributed by atoms with Gasteiger partial charge in [-0.3, -0.25) is 4.79 Å². The fourth-order valence-corrected chi connectivity index (χ4v) is 4.83. The van der Waals surface area contributed by atoms with Crippen molar-refractivity contribution in [1.29, 1.82) is 0 Å². The van der Waals surface area contributed by atoms with Gasteiger partial charge < -0.3 is 24.2 Å². The third-order valence-electron chi connectivity index (χ3n) is 6.85. The molecule has 0 radical (unpaired) electrons. The number of benzene rings is 1. The molecule has 0 saturated carbocycles. The summed E-state index contributed by atoms with van der Waals surface area (Å²) < 4.78 is 19.3. The number of Topliss-reactive ketones (excluding diaryl/α,β-unsaturated/α-hetero) is 1. The molecule has 3 heterocycles. The van der Waals surface area contributed by atoms with Crippen molar-refractivity contribution in [2.75, 3.05) is 19.7 Å². The summed E-state index contributed by atoms with van der Waals surface area (Å²) in [6, 6.07) is 5.14. The van der Waals surface area contributed by atoms with E-state index in [0.29, 0.717) is 43.0 Å². The molecule has 1 amide bonds. The number of hydrogen-bond donors (Lipinski definition) is 1. The normalized spacial score (nSPS) is 17.6. The van der Waals surface area contributed by atoms with Crippen molar-refractivity contribution >= 4 is 11.9 Å². The van der Waals surface area contributed by atoms with Gasteiger partial charge in [-0.2, -0.15) is 0 Å². The lowest BCUT2D eigenvalue weighted by molar-refractivity contribution is -0.0227. The SMILES string of the molecule is CCCCCc1cn(CC(O)COc2ccc3c(c2)OC2(CCN(C(=O)OC(C)(C)C)CC2)CC3=O)nn1. The topological polar surface area (TPSA) is 116 Å². The molecule has 10 nitrogen and oxygen atoms in total. The summed E-state index contributed by atoms with van der Waals surface area (Å²) in [7, 11) is 0. The minimum atomic E-state index is -0.776. The van der Waals surface area contributed by atoms with Crippen LogP contribution in [0.4, 0.5) is 4.79 Å². The number of ketones is 1. The van der Waals surface area contributed by atoms with Crippen LogP contribution in [-0.4, -0.2) is 73.9 Å². The average molecular weight is 529 g/mol. The van der Waals surface area contributed by atoms with E-state index in [2.05, 4.69) is 17.2 Å². The largest absolute Gasteiger partial charge is 0.491 e. The Morgan fingerprint density at radius 2 is 2.00 bits per heavy atom. The molecular weight excluding hydrogens is 488 g/mol. The number of carbonyl (C=O) groups is 2. The number of piperidine rings is 1. The molecular formula is C28H40N4O6. The molecule has 208 valence electrons. The van der Waals surface area contributed by atoms with E-state index in [1.165, 1.54) is 0 Å². The number of hydrogen-bond acceptors (Lipinski definition) is 8. The molecule has 1 spiro atoms. The van der Waals surface area contributed by atoms with Gasteiger partial charge >= 0.3 is 6.09 Å². The van der Waals surface area contributed by atoms with Gasteiger partial charge in [-0.25, -0.2) is 9.48 Å². The molecule has 0 aliphatic carbocycles. The van der Waals surface area contributed by atoms with E-state index in [4.69, 9.17) is 14.2 Å². The third kappa shape index (κ3) is 7.24.